The molecule has 1 amide bonds. The van der Waals surface area contributed by atoms with E-state index in [9.17, 15) is 14.7 Å². The smallest absolute Gasteiger partial charge is 0.425 e. The Morgan fingerprint density at radius 3 is 2.08 bits per heavy atom. The van der Waals surface area contributed by atoms with Crippen LogP contribution in [0.3, 0.4) is 0 Å². The summed E-state index contributed by atoms with van der Waals surface area (Å²) in [5.41, 5.74) is 9.44. The van der Waals surface area contributed by atoms with Crippen LogP contribution in [0.25, 0.3) is 0 Å². The van der Waals surface area contributed by atoms with Gasteiger partial charge in [0.25, 0.3) is 0 Å². The van der Waals surface area contributed by atoms with Crippen LogP contribution in [0.15, 0.2) is 84.9 Å². The Bertz CT molecular complexity index is 1250. The Balaban J connectivity index is 1.58. The fourth-order valence-electron chi connectivity index (χ4n) is 4.65. The molecule has 3 aromatic carbocycles. The number of aliphatic hydroxyl groups is 1. The second kappa shape index (κ2) is 12.4. The first-order valence-corrected chi connectivity index (χ1v) is 13.1. The van der Waals surface area contributed by atoms with Crippen molar-refractivity contribution in [3.05, 3.63) is 107 Å². The van der Waals surface area contributed by atoms with Gasteiger partial charge >= 0.3 is 12.1 Å². The molecule has 0 aliphatic carbocycles. The first kappa shape index (κ1) is 28.3. The molecule has 3 N–H and O–H groups in total. The average Bonchev–Trinajstić information content (AvgIpc) is 2.91. The number of β-amino-alcohol motifs (C(OH)–C–C–N with tert-alkyl or cyclic N) is 1. The van der Waals surface area contributed by atoms with Gasteiger partial charge in [0, 0.05) is 19.1 Å². The summed E-state index contributed by atoms with van der Waals surface area (Å²) < 4.78 is 11.3. The molecule has 1 aliphatic heterocycles. The van der Waals surface area contributed by atoms with Crippen LogP contribution in [-0.4, -0.2) is 45.4 Å². The topological polar surface area (TPSA) is 105 Å². The van der Waals surface area contributed by atoms with Crippen molar-refractivity contribution >= 4 is 12.1 Å². The minimum atomic E-state index is -1.24. The summed E-state index contributed by atoms with van der Waals surface area (Å²) in [7, 11) is 0. The standard InChI is InChI=1S/C31H37N3O5/c1-31(2,3)39-30(37)34-19-25-17-11-10-16-24(25)18-33(34)20-26(35)27(28(32)23-14-8-5-9-15-23)29(36)38-21-22-12-6-4-7-13-22/h4-17,26-28,35H,18-21,32H2,1-3H3/t26?,27-,28?/m1/s1. The molecule has 39 heavy (non-hydrogen) atoms. The molecule has 1 aliphatic rings. The fraction of sp³-hybridized carbons (Fsp3) is 0.355. The molecular formula is C31H37N3O5. The molecule has 0 saturated heterocycles. The normalized spacial score (nSPS) is 16.1. The van der Waals surface area contributed by atoms with E-state index in [0.717, 1.165) is 16.7 Å². The number of hydrazine groups is 1. The Morgan fingerprint density at radius 2 is 1.46 bits per heavy atom. The molecule has 1 heterocycles. The van der Waals surface area contributed by atoms with Gasteiger partial charge in [0.15, 0.2) is 0 Å². The number of hydrogen-bond acceptors (Lipinski definition) is 7. The van der Waals surface area contributed by atoms with Gasteiger partial charge in [0.1, 0.15) is 18.1 Å². The average molecular weight is 532 g/mol. The van der Waals surface area contributed by atoms with E-state index >= 15 is 0 Å². The summed E-state index contributed by atoms with van der Waals surface area (Å²) in [6.07, 6.45) is -1.77. The highest BCUT2D eigenvalue weighted by atomic mass is 16.6. The van der Waals surface area contributed by atoms with E-state index in [1.54, 1.807) is 25.8 Å². The van der Waals surface area contributed by atoms with Crippen molar-refractivity contribution in [2.75, 3.05) is 6.54 Å². The first-order chi connectivity index (χ1) is 18.6. The summed E-state index contributed by atoms with van der Waals surface area (Å²) >= 11 is 0. The van der Waals surface area contributed by atoms with Gasteiger partial charge in [-0.1, -0.05) is 84.9 Å². The predicted octanol–water partition coefficient (Wildman–Crippen LogP) is 4.57. The maximum atomic E-state index is 13.4. The van der Waals surface area contributed by atoms with Crippen LogP contribution in [0, 0.1) is 5.92 Å². The van der Waals surface area contributed by atoms with E-state index in [0.29, 0.717) is 12.1 Å². The number of carbonyl (C=O) groups is 2. The number of carbonyl (C=O) groups excluding carboxylic acids is 2. The van der Waals surface area contributed by atoms with Crippen LogP contribution >= 0.6 is 0 Å². The maximum Gasteiger partial charge on any atom is 0.425 e. The Kier molecular flexibility index (Phi) is 9.01. The van der Waals surface area contributed by atoms with Crippen molar-refractivity contribution in [2.45, 2.75) is 58.2 Å². The van der Waals surface area contributed by atoms with Crippen molar-refractivity contribution < 1.29 is 24.2 Å². The van der Waals surface area contributed by atoms with Crippen LogP contribution in [0.5, 0.6) is 0 Å². The molecule has 0 bridgehead atoms. The molecule has 0 aromatic heterocycles. The molecule has 4 rings (SSSR count). The van der Waals surface area contributed by atoms with Crippen molar-refractivity contribution in [1.82, 2.24) is 10.0 Å². The van der Waals surface area contributed by atoms with Crippen molar-refractivity contribution in [3.63, 3.8) is 0 Å². The zero-order chi connectivity index (χ0) is 28.0. The lowest BCUT2D eigenvalue weighted by Crippen LogP contribution is -2.54. The number of fused-ring (bicyclic) bond motifs is 1. The van der Waals surface area contributed by atoms with Gasteiger partial charge in [-0.05, 0) is 43.0 Å². The van der Waals surface area contributed by atoms with Crippen LogP contribution in [0.1, 0.15) is 49.1 Å². The van der Waals surface area contributed by atoms with Crippen LogP contribution in [0.4, 0.5) is 4.79 Å². The number of ether oxygens (including phenoxy) is 2. The van der Waals surface area contributed by atoms with Crippen molar-refractivity contribution in [1.29, 1.82) is 0 Å². The number of aliphatic hydroxyl groups excluding tert-OH is 1. The minimum Gasteiger partial charge on any atom is -0.460 e. The molecule has 2 unspecified atom stereocenters. The number of nitrogens with zero attached hydrogens (tertiary/aromatic N) is 2. The molecule has 8 nitrogen and oxygen atoms in total. The van der Waals surface area contributed by atoms with Gasteiger partial charge in [-0.2, -0.15) is 0 Å². The predicted molar refractivity (Wildman–Crippen MR) is 148 cm³/mol. The monoisotopic (exact) mass is 531 g/mol. The lowest BCUT2D eigenvalue weighted by molar-refractivity contribution is -0.157. The summed E-state index contributed by atoms with van der Waals surface area (Å²) in [6.45, 7) is 6.09. The molecule has 3 atom stereocenters. The second-order valence-electron chi connectivity index (χ2n) is 10.8. The number of hydrogen-bond donors (Lipinski definition) is 2. The molecule has 0 spiro atoms. The zero-order valence-electron chi connectivity index (χ0n) is 22.7. The van der Waals surface area contributed by atoms with Crippen molar-refractivity contribution in [2.24, 2.45) is 11.7 Å². The molecule has 0 saturated carbocycles. The zero-order valence-corrected chi connectivity index (χ0v) is 22.7. The number of esters is 1. The lowest BCUT2D eigenvalue weighted by Gasteiger charge is -2.41. The van der Waals surface area contributed by atoms with E-state index < -0.39 is 35.7 Å². The quantitative estimate of drug-likeness (QED) is 0.410. The van der Waals surface area contributed by atoms with E-state index in [1.807, 2.05) is 84.9 Å². The highest BCUT2D eigenvalue weighted by Crippen LogP contribution is 2.29. The second-order valence-corrected chi connectivity index (χ2v) is 10.8. The molecule has 0 fully saturated rings. The van der Waals surface area contributed by atoms with E-state index in [-0.39, 0.29) is 19.7 Å². The molecule has 8 heteroatoms. The van der Waals surface area contributed by atoms with E-state index in [2.05, 4.69) is 0 Å². The number of rotatable bonds is 8. The Labute approximate surface area is 229 Å². The summed E-state index contributed by atoms with van der Waals surface area (Å²) in [5, 5.41) is 14.7. The lowest BCUT2D eigenvalue weighted by atomic mass is 9.88. The Hall–Kier alpha value is -3.72. The Morgan fingerprint density at radius 1 is 0.897 bits per heavy atom. The third-order valence-electron chi connectivity index (χ3n) is 6.62. The van der Waals surface area contributed by atoms with E-state index in [1.165, 1.54) is 5.01 Å². The van der Waals surface area contributed by atoms with Gasteiger partial charge < -0.3 is 20.3 Å². The highest BCUT2D eigenvalue weighted by Gasteiger charge is 2.39. The van der Waals surface area contributed by atoms with Crippen molar-refractivity contribution in [3.8, 4) is 0 Å². The highest BCUT2D eigenvalue weighted by molar-refractivity contribution is 5.74. The van der Waals surface area contributed by atoms with Gasteiger partial charge in [-0.25, -0.2) is 14.8 Å². The maximum absolute atomic E-state index is 13.4. The number of amides is 1. The summed E-state index contributed by atoms with van der Waals surface area (Å²) in [4.78, 5) is 26.6. The fourth-order valence-corrected chi connectivity index (χ4v) is 4.65. The van der Waals surface area contributed by atoms with Gasteiger partial charge in [-0.3, -0.25) is 4.79 Å². The molecule has 3 aromatic rings. The van der Waals surface area contributed by atoms with E-state index in [4.69, 9.17) is 15.2 Å². The summed E-state index contributed by atoms with van der Waals surface area (Å²) in [6, 6.07) is 25.5. The van der Waals surface area contributed by atoms with Gasteiger partial charge in [0.2, 0.25) is 0 Å². The van der Waals surface area contributed by atoms with Crippen LogP contribution < -0.4 is 5.73 Å². The molecule has 0 radical (unpaired) electrons. The molecular weight excluding hydrogens is 494 g/mol. The first-order valence-electron chi connectivity index (χ1n) is 13.1. The third kappa shape index (κ3) is 7.44. The van der Waals surface area contributed by atoms with Crippen LogP contribution in [0.2, 0.25) is 0 Å². The van der Waals surface area contributed by atoms with Gasteiger partial charge in [-0.15, -0.1) is 0 Å². The number of benzene rings is 3. The SMILES string of the molecule is CC(C)(C)OC(=O)N1Cc2ccccc2CN1CC(O)[C@@H](C(=O)OCc1ccccc1)C(N)c1ccccc1. The van der Waals surface area contributed by atoms with Gasteiger partial charge in [0.05, 0.1) is 12.6 Å². The third-order valence-corrected chi connectivity index (χ3v) is 6.62. The minimum absolute atomic E-state index is 0.0286. The van der Waals surface area contributed by atoms with Crippen LogP contribution in [-0.2, 0) is 34.0 Å². The number of nitrogens with two attached hydrogens (primary N) is 1. The summed E-state index contributed by atoms with van der Waals surface area (Å²) in [5.74, 6) is -1.68. The largest absolute Gasteiger partial charge is 0.460 e. The molecule has 206 valence electrons.